The quantitative estimate of drug-likeness (QED) is 0.304. The Bertz CT molecular complexity index is 834. The van der Waals surface area contributed by atoms with Gasteiger partial charge in [0.2, 0.25) is 0 Å². The highest BCUT2D eigenvalue weighted by Crippen LogP contribution is 2.28. The van der Waals surface area contributed by atoms with Gasteiger partial charge in [0.1, 0.15) is 5.75 Å². The van der Waals surface area contributed by atoms with Crippen LogP contribution in [0.2, 0.25) is 0 Å². The average Bonchev–Trinajstić information content (AvgIpc) is 2.73. The number of anilines is 1. The van der Waals surface area contributed by atoms with Crippen LogP contribution in [0, 0.1) is 0 Å². The first kappa shape index (κ1) is 23.9. The van der Waals surface area contributed by atoms with E-state index in [1.807, 2.05) is 18.2 Å². The average molecular weight is 476 g/mol. The van der Waals surface area contributed by atoms with Crippen LogP contribution in [0.15, 0.2) is 46.9 Å². The molecule has 0 radical (unpaired) electrons. The summed E-state index contributed by atoms with van der Waals surface area (Å²) >= 11 is 3.48. The van der Waals surface area contributed by atoms with Gasteiger partial charge in [-0.3, -0.25) is 4.79 Å². The van der Waals surface area contributed by atoms with E-state index < -0.39 is 0 Å². The van der Waals surface area contributed by atoms with Crippen LogP contribution < -0.4 is 10.1 Å². The molecule has 0 fully saturated rings. The van der Waals surface area contributed by atoms with E-state index in [0.717, 1.165) is 30.2 Å². The number of amides is 1. The van der Waals surface area contributed by atoms with E-state index in [9.17, 15) is 9.59 Å². The number of rotatable bonds is 11. The molecule has 0 bridgehead atoms. The van der Waals surface area contributed by atoms with Crippen LogP contribution in [0.3, 0.4) is 0 Å². The van der Waals surface area contributed by atoms with Gasteiger partial charge in [0.25, 0.3) is 5.91 Å². The molecule has 0 heterocycles. The third kappa shape index (κ3) is 7.82. The van der Waals surface area contributed by atoms with Crippen LogP contribution in [0.25, 0.3) is 0 Å². The fourth-order valence-electron chi connectivity index (χ4n) is 2.80. The van der Waals surface area contributed by atoms with E-state index in [1.165, 1.54) is 5.56 Å². The molecule has 0 aliphatic heterocycles. The standard InChI is InChI=1S/C24H30BrNO4/c1-4-5-6-7-14-29-24(28)18-8-11-20(12-9-18)26-23(27)16-30-22-13-10-19(17(2)3)15-21(22)25/h8-13,15,17H,4-7,14,16H2,1-3H3,(H,26,27). The van der Waals surface area contributed by atoms with Crippen molar-refractivity contribution >= 4 is 33.5 Å². The molecule has 0 saturated carbocycles. The molecule has 2 aromatic rings. The van der Waals surface area contributed by atoms with Gasteiger partial charge in [-0.15, -0.1) is 0 Å². The zero-order chi connectivity index (χ0) is 21.9. The monoisotopic (exact) mass is 475 g/mol. The number of carbonyl (C=O) groups is 2. The Hall–Kier alpha value is -2.34. The Labute approximate surface area is 187 Å². The maximum atomic E-state index is 12.2. The largest absolute Gasteiger partial charge is 0.483 e. The molecule has 2 aromatic carbocycles. The SMILES string of the molecule is CCCCCCOC(=O)c1ccc(NC(=O)COc2ccc(C(C)C)cc2Br)cc1. The van der Waals surface area contributed by atoms with E-state index in [-0.39, 0.29) is 18.5 Å². The second-order valence-electron chi connectivity index (χ2n) is 7.46. The summed E-state index contributed by atoms with van der Waals surface area (Å²) in [4.78, 5) is 24.2. The topological polar surface area (TPSA) is 64.6 Å². The Balaban J connectivity index is 1.79. The van der Waals surface area contributed by atoms with Crippen molar-refractivity contribution in [2.45, 2.75) is 52.4 Å². The number of hydrogen-bond acceptors (Lipinski definition) is 4. The van der Waals surface area contributed by atoms with Gasteiger partial charge in [-0.2, -0.15) is 0 Å². The number of carbonyl (C=O) groups excluding carboxylic acids is 2. The molecular weight excluding hydrogens is 446 g/mol. The summed E-state index contributed by atoms with van der Waals surface area (Å²) in [6.45, 7) is 6.70. The fourth-order valence-corrected chi connectivity index (χ4v) is 3.31. The lowest BCUT2D eigenvalue weighted by atomic mass is 10.0. The molecule has 30 heavy (non-hydrogen) atoms. The fraction of sp³-hybridized carbons (Fsp3) is 0.417. The van der Waals surface area contributed by atoms with Crippen LogP contribution >= 0.6 is 15.9 Å². The Kier molecular flexibility index (Phi) is 9.87. The second kappa shape index (κ2) is 12.4. The summed E-state index contributed by atoms with van der Waals surface area (Å²) in [5.41, 5.74) is 2.25. The van der Waals surface area contributed by atoms with Gasteiger partial charge in [-0.1, -0.05) is 46.1 Å². The van der Waals surface area contributed by atoms with Gasteiger partial charge >= 0.3 is 5.97 Å². The lowest BCUT2D eigenvalue weighted by Crippen LogP contribution is -2.20. The van der Waals surface area contributed by atoms with Crippen molar-refractivity contribution in [3.63, 3.8) is 0 Å². The summed E-state index contributed by atoms with van der Waals surface area (Å²) < 4.78 is 11.7. The van der Waals surface area contributed by atoms with E-state index in [0.29, 0.717) is 29.5 Å². The summed E-state index contributed by atoms with van der Waals surface area (Å²) in [5, 5.41) is 2.76. The summed E-state index contributed by atoms with van der Waals surface area (Å²) in [7, 11) is 0. The number of nitrogens with one attached hydrogen (secondary N) is 1. The molecule has 0 saturated heterocycles. The van der Waals surface area contributed by atoms with Gasteiger partial charge in [0.15, 0.2) is 6.61 Å². The van der Waals surface area contributed by atoms with Crippen LogP contribution in [-0.4, -0.2) is 25.1 Å². The molecule has 0 aliphatic rings. The molecule has 0 aliphatic carbocycles. The predicted octanol–water partition coefficient (Wildman–Crippen LogP) is 6.33. The molecule has 5 nitrogen and oxygen atoms in total. The van der Waals surface area contributed by atoms with Crippen molar-refractivity contribution in [2.75, 3.05) is 18.5 Å². The van der Waals surface area contributed by atoms with E-state index >= 15 is 0 Å². The number of esters is 1. The van der Waals surface area contributed by atoms with E-state index in [1.54, 1.807) is 24.3 Å². The smallest absolute Gasteiger partial charge is 0.338 e. The molecule has 1 N–H and O–H groups in total. The van der Waals surface area contributed by atoms with Gasteiger partial charge in [-0.25, -0.2) is 4.79 Å². The molecule has 2 rings (SSSR count). The van der Waals surface area contributed by atoms with Crippen molar-refractivity contribution in [1.29, 1.82) is 0 Å². The van der Waals surface area contributed by atoms with Crippen molar-refractivity contribution in [3.05, 3.63) is 58.1 Å². The number of halogens is 1. The number of hydrogen-bond donors (Lipinski definition) is 1. The number of benzene rings is 2. The zero-order valence-corrected chi connectivity index (χ0v) is 19.5. The zero-order valence-electron chi connectivity index (χ0n) is 17.9. The van der Waals surface area contributed by atoms with E-state index in [4.69, 9.17) is 9.47 Å². The normalized spacial score (nSPS) is 10.7. The highest BCUT2D eigenvalue weighted by atomic mass is 79.9. The molecule has 6 heteroatoms. The number of unbranched alkanes of at least 4 members (excludes halogenated alkanes) is 3. The summed E-state index contributed by atoms with van der Waals surface area (Å²) in [6, 6.07) is 12.5. The minimum atomic E-state index is -0.345. The van der Waals surface area contributed by atoms with Crippen LogP contribution in [0.5, 0.6) is 5.75 Å². The van der Waals surface area contributed by atoms with Crippen molar-refractivity contribution < 1.29 is 19.1 Å². The lowest BCUT2D eigenvalue weighted by molar-refractivity contribution is -0.118. The Morgan fingerprint density at radius 2 is 1.77 bits per heavy atom. The molecule has 0 spiro atoms. The van der Waals surface area contributed by atoms with Crippen molar-refractivity contribution in [3.8, 4) is 5.75 Å². The predicted molar refractivity (Wildman–Crippen MR) is 123 cm³/mol. The molecule has 0 atom stereocenters. The van der Waals surface area contributed by atoms with Crippen LogP contribution in [0.4, 0.5) is 5.69 Å². The molecule has 0 unspecified atom stereocenters. The van der Waals surface area contributed by atoms with Gasteiger partial charge in [0, 0.05) is 5.69 Å². The molecular formula is C24H30BrNO4. The van der Waals surface area contributed by atoms with Crippen LogP contribution in [0.1, 0.15) is 68.3 Å². The van der Waals surface area contributed by atoms with Crippen molar-refractivity contribution in [1.82, 2.24) is 0 Å². The highest BCUT2D eigenvalue weighted by Gasteiger charge is 2.10. The first-order valence-corrected chi connectivity index (χ1v) is 11.2. The van der Waals surface area contributed by atoms with Gasteiger partial charge in [-0.05, 0) is 70.2 Å². The van der Waals surface area contributed by atoms with Crippen molar-refractivity contribution in [2.24, 2.45) is 0 Å². The molecule has 0 aromatic heterocycles. The second-order valence-corrected chi connectivity index (χ2v) is 8.31. The highest BCUT2D eigenvalue weighted by molar-refractivity contribution is 9.10. The maximum Gasteiger partial charge on any atom is 0.338 e. The molecule has 1 amide bonds. The van der Waals surface area contributed by atoms with Gasteiger partial charge < -0.3 is 14.8 Å². The third-order valence-corrected chi connectivity index (χ3v) is 5.24. The maximum absolute atomic E-state index is 12.2. The first-order valence-electron chi connectivity index (χ1n) is 10.4. The summed E-state index contributed by atoms with van der Waals surface area (Å²) in [5.74, 6) is 0.412. The minimum absolute atomic E-state index is 0.110. The first-order chi connectivity index (χ1) is 14.4. The Morgan fingerprint density at radius 3 is 2.40 bits per heavy atom. The summed E-state index contributed by atoms with van der Waals surface area (Å²) in [6.07, 6.45) is 4.24. The lowest BCUT2D eigenvalue weighted by Gasteiger charge is -2.12. The van der Waals surface area contributed by atoms with Gasteiger partial charge in [0.05, 0.1) is 16.6 Å². The third-order valence-electron chi connectivity index (χ3n) is 4.62. The number of ether oxygens (including phenoxy) is 2. The molecule has 162 valence electrons. The van der Waals surface area contributed by atoms with Crippen LogP contribution in [-0.2, 0) is 9.53 Å². The minimum Gasteiger partial charge on any atom is -0.483 e. The van der Waals surface area contributed by atoms with E-state index in [2.05, 4.69) is 42.0 Å². The Morgan fingerprint density at radius 1 is 1.03 bits per heavy atom.